The number of piperazine rings is 1. The first kappa shape index (κ1) is 22.2. The number of rotatable bonds is 5. The molecule has 4 aliphatic rings. The Kier molecular flexibility index (Phi) is 4.80. The number of halogens is 1. The summed E-state index contributed by atoms with van der Waals surface area (Å²) in [6, 6.07) is 6.04. The first-order valence-electron chi connectivity index (χ1n) is 12.2. The van der Waals surface area contributed by atoms with Crippen LogP contribution in [0.1, 0.15) is 60.9 Å². The van der Waals surface area contributed by atoms with Gasteiger partial charge in [0.15, 0.2) is 0 Å². The number of nitrogens with zero attached hydrogens (tertiary/aromatic N) is 4. The Morgan fingerprint density at radius 3 is 2.57 bits per heavy atom. The van der Waals surface area contributed by atoms with E-state index in [4.69, 9.17) is 5.41 Å². The minimum Gasteiger partial charge on any atom is -0.380 e. The van der Waals surface area contributed by atoms with Gasteiger partial charge in [-0.05, 0) is 69.2 Å². The van der Waals surface area contributed by atoms with E-state index in [1.165, 1.54) is 12.1 Å². The molecule has 8 nitrogen and oxygen atoms in total. The standard InChI is InChI=1S/C26H28FN5O3/c1-25-15-30(24(34)26(35)9-2-10-26)11-12-31(25)23(33)21-14-29-22(32(21)25)19(16-3-4-16)13-20(28)17-5-7-18(27)8-6-17/h5-8,13-14,16,28,35H,2-4,9-12,15H2,1H3/p+1. The van der Waals surface area contributed by atoms with E-state index in [-0.39, 0.29) is 30.1 Å². The van der Waals surface area contributed by atoms with Gasteiger partial charge in [-0.1, -0.05) is 0 Å². The van der Waals surface area contributed by atoms with E-state index in [2.05, 4.69) is 4.98 Å². The summed E-state index contributed by atoms with van der Waals surface area (Å²) in [5, 5.41) is 17.1. The second-order valence-corrected chi connectivity index (χ2v) is 10.4. The van der Waals surface area contributed by atoms with Gasteiger partial charge in [-0.25, -0.2) is 9.37 Å². The SMILES string of the molecule is CC12CN(C(=O)C3(O)CCC3)CCN1C(=O)c1cnc(C(=CC(=[NH2+])c3ccc(F)cc3)C3CC3)n12. The Bertz CT molecular complexity index is 1270. The van der Waals surface area contributed by atoms with Crippen molar-refractivity contribution < 1.29 is 24.5 Å². The smallest absolute Gasteiger partial charge is 0.274 e. The third kappa shape index (κ3) is 3.36. The van der Waals surface area contributed by atoms with Crippen molar-refractivity contribution >= 4 is 23.1 Å². The van der Waals surface area contributed by atoms with Crippen LogP contribution in [-0.4, -0.2) is 67.2 Å². The van der Waals surface area contributed by atoms with Crippen LogP contribution in [0.5, 0.6) is 0 Å². The highest BCUT2D eigenvalue weighted by Crippen LogP contribution is 2.46. The lowest BCUT2D eigenvalue weighted by atomic mass is 9.79. The number of benzene rings is 1. The van der Waals surface area contributed by atoms with Crippen molar-refractivity contribution in [3.63, 3.8) is 0 Å². The van der Waals surface area contributed by atoms with E-state index in [9.17, 15) is 19.1 Å². The number of carbonyl (C=O) groups is 2. The zero-order chi connectivity index (χ0) is 24.5. The van der Waals surface area contributed by atoms with Crippen LogP contribution in [0.25, 0.3) is 5.57 Å². The highest BCUT2D eigenvalue weighted by molar-refractivity contribution is 6.08. The summed E-state index contributed by atoms with van der Waals surface area (Å²) in [5.41, 5.74) is 0.554. The molecule has 2 aliphatic carbocycles. The number of allylic oxidation sites excluding steroid dienone is 2. The number of amides is 2. The number of carbonyl (C=O) groups excluding carboxylic acids is 2. The maximum Gasteiger partial charge on any atom is 0.274 e. The fourth-order valence-corrected chi connectivity index (χ4v) is 5.68. The highest BCUT2D eigenvalue weighted by Gasteiger charge is 2.54. The molecule has 3 fully saturated rings. The van der Waals surface area contributed by atoms with Gasteiger partial charge in [0.25, 0.3) is 11.8 Å². The van der Waals surface area contributed by atoms with Crippen LogP contribution < -0.4 is 5.41 Å². The summed E-state index contributed by atoms with van der Waals surface area (Å²) in [6.07, 6.45) is 7.30. The fraction of sp³-hybridized carbons (Fsp3) is 0.462. The summed E-state index contributed by atoms with van der Waals surface area (Å²) >= 11 is 0. The predicted molar refractivity (Wildman–Crippen MR) is 125 cm³/mol. The molecule has 182 valence electrons. The number of hydrogen-bond acceptors (Lipinski definition) is 4. The summed E-state index contributed by atoms with van der Waals surface area (Å²) in [7, 11) is 0. The highest BCUT2D eigenvalue weighted by atomic mass is 19.1. The molecule has 2 saturated carbocycles. The molecule has 6 rings (SSSR count). The van der Waals surface area contributed by atoms with Crippen molar-refractivity contribution in [2.75, 3.05) is 19.6 Å². The number of hydrogen-bond donors (Lipinski definition) is 2. The molecule has 2 aromatic rings. The number of aromatic nitrogens is 2. The van der Waals surface area contributed by atoms with Gasteiger partial charge < -0.3 is 14.9 Å². The Labute approximate surface area is 202 Å². The minimum absolute atomic E-state index is 0.105. The van der Waals surface area contributed by atoms with Gasteiger partial charge >= 0.3 is 0 Å². The van der Waals surface area contributed by atoms with Crippen molar-refractivity contribution in [1.29, 1.82) is 0 Å². The molecule has 9 heteroatoms. The summed E-state index contributed by atoms with van der Waals surface area (Å²) in [4.78, 5) is 34.6. The number of nitrogens with two attached hydrogens (primary N) is 1. The second kappa shape index (κ2) is 7.58. The largest absolute Gasteiger partial charge is 0.380 e. The number of fused-ring (bicyclic) bond motifs is 3. The van der Waals surface area contributed by atoms with Crippen LogP contribution in [0, 0.1) is 11.7 Å². The van der Waals surface area contributed by atoms with Gasteiger partial charge in [-0.3, -0.25) is 19.6 Å². The lowest BCUT2D eigenvalue weighted by Crippen LogP contribution is -2.64. The summed E-state index contributed by atoms with van der Waals surface area (Å²) < 4.78 is 15.3. The van der Waals surface area contributed by atoms with Gasteiger partial charge in [-0.2, -0.15) is 0 Å². The molecule has 2 aliphatic heterocycles. The normalized spacial score (nSPS) is 25.2. The quantitative estimate of drug-likeness (QED) is 0.625. The summed E-state index contributed by atoms with van der Waals surface area (Å²) in [6.45, 7) is 3.02. The molecule has 1 unspecified atom stereocenters. The Balaban J connectivity index is 1.38. The van der Waals surface area contributed by atoms with Crippen LogP contribution >= 0.6 is 0 Å². The van der Waals surface area contributed by atoms with Crippen molar-refractivity contribution in [3.05, 3.63) is 59.4 Å². The van der Waals surface area contributed by atoms with Crippen LogP contribution in [0.2, 0.25) is 0 Å². The average Bonchev–Trinajstić information content (AvgIpc) is 3.52. The van der Waals surface area contributed by atoms with Gasteiger partial charge in [0, 0.05) is 30.3 Å². The molecule has 0 radical (unpaired) electrons. The molecular formula is C26H29FN5O3+. The van der Waals surface area contributed by atoms with E-state index in [0.29, 0.717) is 48.7 Å². The molecule has 35 heavy (non-hydrogen) atoms. The van der Waals surface area contributed by atoms with Crippen molar-refractivity contribution in [2.45, 2.75) is 50.3 Å². The monoisotopic (exact) mass is 478 g/mol. The molecule has 3 N–H and O–H groups in total. The van der Waals surface area contributed by atoms with Gasteiger partial charge in [-0.15, -0.1) is 0 Å². The van der Waals surface area contributed by atoms with Crippen molar-refractivity contribution in [1.82, 2.24) is 19.4 Å². The van der Waals surface area contributed by atoms with E-state index in [1.54, 1.807) is 28.1 Å². The van der Waals surface area contributed by atoms with Gasteiger partial charge in [0.05, 0.1) is 12.7 Å². The fourth-order valence-electron chi connectivity index (χ4n) is 5.68. The van der Waals surface area contributed by atoms with Crippen LogP contribution in [-0.2, 0) is 10.5 Å². The van der Waals surface area contributed by atoms with Crippen LogP contribution in [0.4, 0.5) is 4.39 Å². The molecule has 0 spiro atoms. The average molecular weight is 479 g/mol. The van der Waals surface area contributed by atoms with Gasteiger partial charge in [0.2, 0.25) is 5.71 Å². The molecule has 1 aromatic heterocycles. The molecular weight excluding hydrogens is 449 g/mol. The predicted octanol–water partition coefficient (Wildman–Crippen LogP) is 0.950. The molecule has 1 atom stereocenters. The van der Waals surface area contributed by atoms with E-state index in [1.807, 2.05) is 17.6 Å². The molecule has 1 aromatic carbocycles. The third-order valence-electron chi connectivity index (χ3n) is 8.00. The molecule has 3 heterocycles. The van der Waals surface area contributed by atoms with Crippen molar-refractivity contribution in [2.24, 2.45) is 5.92 Å². The second-order valence-electron chi connectivity index (χ2n) is 10.4. The molecule has 0 bridgehead atoms. The van der Waals surface area contributed by atoms with Gasteiger partial charge in [0.1, 0.15) is 28.6 Å². The molecule has 2 amide bonds. The lowest BCUT2D eigenvalue weighted by Gasteiger charge is -2.48. The Hall–Kier alpha value is -3.33. The number of aliphatic hydroxyl groups is 1. The summed E-state index contributed by atoms with van der Waals surface area (Å²) in [5.74, 6) is 0.256. The Morgan fingerprint density at radius 2 is 1.94 bits per heavy atom. The van der Waals surface area contributed by atoms with Crippen LogP contribution in [0.3, 0.4) is 0 Å². The zero-order valence-electron chi connectivity index (χ0n) is 19.7. The minimum atomic E-state index is -1.28. The van der Waals surface area contributed by atoms with E-state index >= 15 is 0 Å². The first-order chi connectivity index (χ1) is 16.7. The van der Waals surface area contributed by atoms with E-state index in [0.717, 1.165) is 24.8 Å². The van der Waals surface area contributed by atoms with Crippen LogP contribution in [0.15, 0.2) is 36.5 Å². The topological polar surface area (TPSA) is 104 Å². The Morgan fingerprint density at radius 1 is 1.23 bits per heavy atom. The third-order valence-corrected chi connectivity index (χ3v) is 8.00. The van der Waals surface area contributed by atoms with E-state index < -0.39 is 11.3 Å². The zero-order valence-corrected chi connectivity index (χ0v) is 19.7. The number of imidazole rings is 1. The first-order valence-corrected chi connectivity index (χ1v) is 12.2. The molecule has 1 saturated heterocycles. The maximum absolute atomic E-state index is 13.4. The maximum atomic E-state index is 13.4. The van der Waals surface area contributed by atoms with Crippen molar-refractivity contribution in [3.8, 4) is 0 Å². The lowest BCUT2D eigenvalue weighted by molar-refractivity contribution is -0.166.